The van der Waals surface area contributed by atoms with Crippen LogP contribution in [0.25, 0.3) is 0 Å². The van der Waals surface area contributed by atoms with E-state index in [-0.39, 0.29) is 23.9 Å². The molecule has 0 bridgehead atoms. The molecule has 1 aliphatic heterocycles. The summed E-state index contributed by atoms with van der Waals surface area (Å²) in [7, 11) is 1.60. The number of carbonyl (C=O) groups is 2. The Morgan fingerprint density at radius 3 is 2.30 bits per heavy atom. The predicted octanol–water partition coefficient (Wildman–Crippen LogP) is 0.0275. The number of hydrogen-bond donors (Lipinski definition) is 1. The molecule has 1 aromatic carbocycles. The standard InChI is InChI=1S/C15H20N4O4/c1-16-14(20)11-17-6-8-18(9-7-17)15(21)10-12-2-4-13(5-3-12)19(22)23/h2-5H,6-11H2,1H3,(H,16,20). The molecule has 0 aliphatic carbocycles. The van der Waals surface area contributed by atoms with E-state index in [1.807, 2.05) is 4.90 Å². The largest absolute Gasteiger partial charge is 0.358 e. The van der Waals surface area contributed by atoms with Crippen LogP contribution in [0.2, 0.25) is 0 Å². The van der Waals surface area contributed by atoms with Crippen LogP contribution in [0.1, 0.15) is 5.56 Å². The van der Waals surface area contributed by atoms with Crippen LogP contribution >= 0.6 is 0 Å². The molecule has 0 aromatic heterocycles. The van der Waals surface area contributed by atoms with Crippen molar-refractivity contribution < 1.29 is 14.5 Å². The summed E-state index contributed by atoms with van der Waals surface area (Å²) in [6.45, 7) is 2.85. The first-order valence-corrected chi connectivity index (χ1v) is 7.43. The average molecular weight is 320 g/mol. The zero-order valence-corrected chi connectivity index (χ0v) is 13.0. The summed E-state index contributed by atoms with van der Waals surface area (Å²) in [4.78, 5) is 37.5. The number of rotatable bonds is 5. The quantitative estimate of drug-likeness (QED) is 0.610. The minimum atomic E-state index is -0.461. The topological polar surface area (TPSA) is 95.8 Å². The molecule has 0 unspecified atom stereocenters. The number of nitro benzene ring substituents is 1. The molecule has 1 aromatic rings. The molecule has 1 aliphatic rings. The minimum Gasteiger partial charge on any atom is -0.358 e. The lowest BCUT2D eigenvalue weighted by Crippen LogP contribution is -2.51. The van der Waals surface area contributed by atoms with Crippen molar-refractivity contribution in [2.24, 2.45) is 0 Å². The maximum Gasteiger partial charge on any atom is 0.269 e. The molecule has 0 spiro atoms. The lowest BCUT2D eigenvalue weighted by molar-refractivity contribution is -0.384. The lowest BCUT2D eigenvalue weighted by atomic mass is 10.1. The Labute approximate surface area is 134 Å². The van der Waals surface area contributed by atoms with E-state index >= 15 is 0 Å². The van der Waals surface area contributed by atoms with Gasteiger partial charge < -0.3 is 10.2 Å². The molecule has 1 saturated heterocycles. The van der Waals surface area contributed by atoms with Crippen LogP contribution in [0, 0.1) is 10.1 Å². The number of benzene rings is 1. The second kappa shape index (κ2) is 7.68. The van der Waals surface area contributed by atoms with Crippen molar-refractivity contribution in [2.45, 2.75) is 6.42 Å². The number of likely N-dealkylation sites (N-methyl/N-ethyl adjacent to an activating group) is 1. The van der Waals surface area contributed by atoms with E-state index in [4.69, 9.17) is 0 Å². The van der Waals surface area contributed by atoms with Gasteiger partial charge in [-0.2, -0.15) is 0 Å². The fraction of sp³-hybridized carbons (Fsp3) is 0.467. The zero-order valence-electron chi connectivity index (χ0n) is 13.0. The van der Waals surface area contributed by atoms with Crippen molar-refractivity contribution in [3.8, 4) is 0 Å². The third-order valence-electron chi connectivity index (χ3n) is 3.87. The van der Waals surface area contributed by atoms with E-state index in [1.165, 1.54) is 12.1 Å². The molecule has 1 fully saturated rings. The Bertz CT molecular complexity index is 580. The summed E-state index contributed by atoms with van der Waals surface area (Å²) in [5, 5.41) is 13.2. The van der Waals surface area contributed by atoms with Crippen LogP contribution in [0.5, 0.6) is 0 Å². The van der Waals surface area contributed by atoms with Crippen molar-refractivity contribution in [3.63, 3.8) is 0 Å². The van der Waals surface area contributed by atoms with E-state index in [0.717, 1.165) is 5.56 Å². The van der Waals surface area contributed by atoms with Gasteiger partial charge in [-0.1, -0.05) is 12.1 Å². The van der Waals surface area contributed by atoms with Crippen LogP contribution in [-0.4, -0.2) is 66.3 Å². The van der Waals surface area contributed by atoms with Crippen molar-refractivity contribution in [3.05, 3.63) is 39.9 Å². The fourth-order valence-corrected chi connectivity index (χ4v) is 2.46. The summed E-state index contributed by atoms with van der Waals surface area (Å²) in [5.74, 6) is -0.0332. The van der Waals surface area contributed by atoms with E-state index < -0.39 is 4.92 Å². The van der Waals surface area contributed by atoms with Gasteiger partial charge in [-0.25, -0.2) is 0 Å². The number of hydrogen-bond acceptors (Lipinski definition) is 5. The fourth-order valence-electron chi connectivity index (χ4n) is 2.46. The highest BCUT2D eigenvalue weighted by molar-refractivity contribution is 5.79. The number of amides is 2. The van der Waals surface area contributed by atoms with Crippen LogP contribution in [0.4, 0.5) is 5.69 Å². The summed E-state index contributed by atoms with van der Waals surface area (Å²) in [6, 6.07) is 6.03. The lowest BCUT2D eigenvalue weighted by Gasteiger charge is -2.34. The number of carbonyl (C=O) groups excluding carboxylic acids is 2. The van der Waals surface area contributed by atoms with Gasteiger partial charge in [-0.05, 0) is 5.56 Å². The van der Waals surface area contributed by atoms with E-state index in [1.54, 1.807) is 24.1 Å². The number of nitro groups is 1. The number of nitrogens with one attached hydrogen (secondary N) is 1. The number of piperazine rings is 1. The van der Waals surface area contributed by atoms with Gasteiger partial charge in [0.1, 0.15) is 0 Å². The molecule has 23 heavy (non-hydrogen) atoms. The van der Waals surface area contributed by atoms with Crippen molar-refractivity contribution in [2.75, 3.05) is 39.8 Å². The molecule has 8 heteroatoms. The van der Waals surface area contributed by atoms with Crippen LogP contribution in [-0.2, 0) is 16.0 Å². The Hall–Kier alpha value is -2.48. The number of non-ortho nitro benzene ring substituents is 1. The average Bonchev–Trinajstić information content (AvgIpc) is 2.55. The van der Waals surface area contributed by atoms with Crippen molar-refractivity contribution in [1.82, 2.24) is 15.1 Å². The Kier molecular flexibility index (Phi) is 5.64. The summed E-state index contributed by atoms with van der Waals surface area (Å²) < 4.78 is 0. The van der Waals surface area contributed by atoms with Gasteiger partial charge in [0, 0.05) is 45.4 Å². The monoisotopic (exact) mass is 320 g/mol. The van der Waals surface area contributed by atoms with E-state index in [2.05, 4.69) is 5.32 Å². The third kappa shape index (κ3) is 4.75. The van der Waals surface area contributed by atoms with Crippen LogP contribution < -0.4 is 5.32 Å². The Balaban J connectivity index is 1.83. The Morgan fingerprint density at radius 1 is 1.17 bits per heavy atom. The zero-order chi connectivity index (χ0) is 16.8. The van der Waals surface area contributed by atoms with Gasteiger partial charge >= 0.3 is 0 Å². The minimum absolute atomic E-state index is 0.00144. The molecular formula is C15H20N4O4. The highest BCUT2D eigenvalue weighted by Crippen LogP contribution is 2.13. The SMILES string of the molecule is CNC(=O)CN1CCN(C(=O)Cc2ccc([N+](=O)[O-])cc2)CC1. The van der Waals surface area contributed by atoms with Gasteiger partial charge in [0.2, 0.25) is 11.8 Å². The van der Waals surface area contributed by atoms with Gasteiger partial charge in [0.15, 0.2) is 0 Å². The summed E-state index contributed by atoms with van der Waals surface area (Å²) >= 11 is 0. The summed E-state index contributed by atoms with van der Waals surface area (Å²) in [5.41, 5.74) is 0.775. The molecule has 1 N–H and O–H groups in total. The van der Waals surface area contributed by atoms with Crippen molar-refractivity contribution >= 4 is 17.5 Å². The highest BCUT2D eigenvalue weighted by Gasteiger charge is 2.22. The molecule has 0 saturated carbocycles. The van der Waals surface area contributed by atoms with Gasteiger partial charge in [-0.3, -0.25) is 24.6 Å². The van der Waals surface area contributed by atoms with Gasteiger partial charge in [0.25, 0.3) is 5.69 Å². The second-order valence-corrected chi connectivity index (χ2v) is 5.43. The predicted molar refractivity (Wildman–Crippen MR) is 83.9 cm³/mol. The second-order valence-electron chi connectivity index (χ2n) is 5.43. The molecule has 0 radical (unpaired) electrons. The summed E-state index contributed by atoms with van der Waals surface area (Å²) in [6.07, 6.45) is 0.230. The van der Waals surface area contributed by atoms with E-state index in [0.29, 0.717) is 32.7 Å². The maximum atomic E-state index is 12.3. The Morgan fingerprint density at radius 2 is 1.78 bits per heavy atom. The molecule has 2 amide bonds. The number of nitrogens with zero attached hydrogens (tertiary/aromatic N) is 3. The van der Waals surface area contributed by atoms with Crippen LogP contribution in [0.3, 0.4) is 0 Å². The molecule has 8 nitrogen and oxygen atoms in total. The van der Waals surface area contributed by atoms with Crippen LogP contribution in [0.15, 0.2) is 24.3 Å². The molecule has 1 heterocycles. The first-order chi connectivity index (χ1) is 11.0. The van der Waals surface area contributed by atoms with E-state index in [9.17, 15) is 19.7 Å². The maximum absolute atomic E-state index is 12.3. The smallest absolute Gasteiger partial charge is 0.269 e. The third-order valence-corrected chi connectivity index (χ3v) is 3.87. The first-order valence-electron chi connectivity index (χ1n) is 7.43. The van der Waals surface area contributed by atoms with Crippen molar-refractivity contribution in [1.29, 1.82) is 0 Å². The normalized spacial score (nSPS) is 15.3. The first kappa shape index (κ1) is 16.9. The molecule has 124 valence electrons. The highest BCUT2D eigenvalue weighted by atomic mass is 16.6. The van der Waals surface area contributed by atoms with Gasteiger partial charge in [-0.15, -0.1) is 0 Å². The molecular weight excluding hydrogens is 300 g/mol. The molecule has 2 rings (SSSR count). The van der Waals surface area contributed by atoms with Gasteiger partial charge in [0.05, 0.1) is 17.9 Å². The molecule has 0 atom stereocenters.